The second kappa shape index (κ2) is 8.17. The fourth-order valence-electron chi connectivity index (χ4n) is 2.78. The first-order chi connectivity index (χ1) is 13.8. The van der Waals surface area contributed by atoms with E-state index in [-0.39, 0.29) is 6.03 Å². The summed E-state index contributed by atoms with van der Waals surface area (Å²) in [6.07, 6.45) is 4.97. The maximum atomic E-state index is 12.1. The van der Waals surface area contributed by atoms with Crippen molar-refractivity contribution in [1.29, 1.82) is 0 Å². The SMILES string of the molecule is O=C(NCCNc1cc(-n2cccn2)ncn1)Nc1ccc2ccccc2c1. The molecular weight excluding hydrogens is 354 g/mol. The first kappa shape index (κ1) is 17.5. The Morgan fingerprint density at radius 2 is 1.86 bits per heavy atom. The average Bonchev–Trinajstić information content (AvgIpc) is 3.26. The molecule has 3 N–H and O–H groups in total. The normalized spacial score (nSPS) is 10.6. The minimum absolute atomic E-state index is 0.253. The van der Waals surface area contributed by atoms with Crippen LogP contribution in [0.5, 0.6) is 0 Å². The van der Waals surface area contributed by atoms with Crippen LogP contribution in [0.3, 0.4) is 0 Å². The van der Waals surface area contributed by atoms with Crippen molar-refractivity contribution in [3.63, 3.8) is 0 Å². The van der Waals surface area contributed by atoms with Crippen molar-refractivity contribution in [3.8, 4) is 5.82 Å². The van der Waals surface area contributed by atoms with Gasteiger partial charge in [0.1, 0.15) is 12.1 Å². The standard InChI is InChI=1S/C20H19N7O/c28-20(26-17-7-6-15-4-1-2-5-16(15)12-17)22-10-9-21-18-13-19(24-14-23-18)27-11-3-8-25-27/h1-8,11-14H,9-10H2,(H,21,23,24)(H2,22,26,28). The Morgan fingerprint density at radius 1 is 0.964 bits per heavy atom. The molecular formula is C20H19N7O. The second-order valence-corrected chi connectivity index (χ2v) is 6.08. The molecule has 8 nitrogen and oxygen atoms in total. The zero-order chi connectivity index (χ0) is 19.2. The number of aromatic nitrogens is 4. The molecule has 0 aliphatic heterocycles. The van der Waals surface area contributed by atoms with Gasteiger partial charge in [-0.2, -0.15) is 5.10 Å². The molecule has 8 heteroatoms. The number of carbonyl (C=O) groups excluding carboxylic acids is 1. The summed E-state index contributed by atoms with van der Waals surface area (Å²) in [5.74, 6) is 1.33. The minimum Gasteiger partial charge on any atom is -0.368 e. The molecule has 0 bridgehead atoms. The summed E-state index contributed by atoms with van der Waals surface area (Å²) in [5.41, 5.74) is 0.754. The van der Waals surface area contributed by atoms with Crippen molar-refractivity contribution >= 4 is 28.3 Å². The van der Waals surface area contributed by atoms with Gasteiger partial charge in [-0.25, -0.2) is 19.4 Å². The molecule has 0 radical (unpaired) electrons. The Balaban J connectivity index is 1.26. The third-order valence-corrected chi connectivity index (χ3v) is 4.12. The van der Waals surface area contributed by atoms with Crippen LogP contribution in [0.1, 0.15) is 0 Å². The fraction of sp³-hybridized carbons (Fsp3) is 0.100. The van der Waals surface area contributed by atoms with Crippen LogP contribution in [-0.2, 0) is 0 Å². The molecule has 0 fully saturated rings. The predicted molar refractivity (Wildman–Crippen MR) is 109 cm³/mol. The number of anilines is 2. The van der Waals surface area contributed by atoms with E-state index in [4.69, 9.17) is 0 Å². The molecule has 4 aromatic rings. The largest absolute Gasteiger partial charge is 0.368 e. The molecule has 0 aliphatic carbocycles. The lowest BCUT2D eigenvalue weighted by Crippen LogP contribution is -2.32. The Bertz CT molecular complexity index is 1080. The van der Waals surface area contributed by atoms with E-state index in [1.54, 1.807) is 16.9 Å². The molecule has 28 heavy (non-hydrogen) atoms. The molecule has 0 aliphatic rings. The number of rotatable bonds is 6. The van der Waals surface area contributed by atoms with Gasteiger partial charge in [-0.05, 0) is 29.0 Å². The first-order valence-electron chi connectivity index (χ1n) is 8.87. The number of benzene rings is 2. The number of urea groups is 1. The molecule has 0 atom stereocenters. The van der Waals surface area contributed by atoms with E-state index >= 15 is 0 Å². The van der Waals surface area contributed by atoms with Gasteiger partial charge < -0.3 is 16.0 Å². The Hall–Kier alpha value is -3.94. The Labute approximate surface area is 161 Å². The number of fused-ring (bicyclic) bond motifs is 1. The van der Waals surface area contributed by atoms with Gasteiger partial charge in [-0.3, -0.25) is 0 Å². The molecule has 0 spiro atoms. The number of nitrogens with one attached hydrogen (secondary N) is 3. The summed E-state index contributed by atoms with van der Waals surface area (Å²) in [5, 5.41) is 15.2. The molecule has 2 aromatic carbocycles. The van der Waals surface area contributed by atoms with Gasteiger partial charge >= 0.3 is 6.03 Å². The van der Waals surface area contributed by atoms with Gasteiger partial charge in [0, 0.05) is 37.2 Å². The number of hydrogen-bond donors (Lipinski definition) is 3. The van der Waals surface area contributed by atoms with E-state index in [2.05, 4.69) is 31.0 Å². The number of amides is 2. The van der Waals surface area contributed by atoms with Crippen LogP contribution in [-0.4, -0.2) is 38.9 Å². The lowest BCUT2D eigenvalue weighted by Gasteiger charge is -2.10. The van der Waals surface area contributed by atoms with E-state index in [1.165, 1.54) is 6.33 Å². The summed E-state index contributed by atoms with van der Waals surface area (Å²) in [4.78, 5) is 20.4. The van der Waals surface area contributed by atoms with E-state index in [1.807, 2.05) is 54.7 Å². The highest BCUT2D eigenvalue weighted by Gasteiger charge is 2.03. The molecule has 0 unspecified atom stereocenters. The maximum absolute atomic E-state index is 12.1. The molecule has 4 rings (SSSR count). The van der Waals surface area contributed by atoms with Crippen LogP contribution in [0.2, 0.25) is 0 Å². The van der Waals surface area contributed by atoms with Gasteiger partial charge in [0.05, 0.1) is 0 Å². The lowest BCUT2D eigenvalue weighted by molar-refractivity contribution is 0.252. The fourth-order valence-corrected chi connectivity index (χ4v) is 2.78. The third-order valence-electron chi connectivity index (χ3n) is 4.12. The Kier molecular flexibility index (Phi) is 5.10. The van der Waals surface area contributed by atoms with Crippen LogP contribution in [0.25, 0.3) is 16.6 Å². The number of carbonyl (C=O) groups is 1. The highest BCUT2D eigenvalue weighted by Crippen LogP contribution is 2.18. The van der Waals surface area contributed by atoms with Gasteiger partial charge in [-0.1, -0.05) is 30.3 Å². The van der Waals surface area contributed by atoms with Crippen LogP contribution in [0.4, 0.5) is 16.3 Å². The molecule has 0 saturated carbocycles. The van der Waals surface area contributed by atoms with E-state index in [9.17, 15) is 4.79 Å². The molecule has 2 heterocycles. The molecule has 0 saturated heterocycles. The highest BCUT2D eigenvalue weighted by atomic mass is 16.2. The summed E-state index contributed by atoms with van der Waals surface area (Å²) in [7, 11) is 0. The van der Waals surface area contributed by atoms with Crippen LogP contribution < -0.4 is 16.0 Å². The third kappa shape index (κ3) is 4.24. The first-order valence-corrected chi connectivity index (χ1v) is 8.87. The topological polar surface area (TPSA) is 96.8 Å². The summed E-state index contributed by atoms with van der Waals surface area (Å²) >= 11 is 0. The summed E-state index contributed by atoms with van der Waals surface area (Å²) in [6.45, 7) is 0.973. The zero-order valence-corrected chi connectivity index (χ0v) is 15.0. The van der Waals surface area contributed by atoms with Gasteiger partial charge in [-0.15, -0.1) is 0 Å². The van der Waals surface area contributed by atoms with Crippen molar-refractivity contribution in [3.05, 3.63) is 73.3 Å². The van der Waals surface area contributed by atoms with Crippen molar-refractivity contribution in [2.75, 3.05) is 23.7 Å². The van der Waals surface area contributed by atoms with Crippen LogP contribution >= 0.6 is 0 Å². The number of hydrogen-bond acceptors (Lipinski definition) is 5. The monoisotopic (exact) mass is 373 g/mol. The van der Waals surface area contributed by atoms with E-state index < -0.39 is 0 Å². The summed E-state index contributed by atoms with van der Waals surface area (Å²) in [6, 6.07) is 17.2. The average molecular weight is 373 g/mol. The quantitative estimate of drug-likeness (QED) is 0.451. The Morgan fingerprint density at radius 3 is 2.71 bits per heavy atom. The smallest absolute Gasteiger partial charge is 0.319 e. The maximum Gasteiger partial charge on any atom is 0.319 e. The summed E-state index contributed by atoms with van der Waals surface area (Å²) < 4.78 is 1.65. The number of nitrogens with zero attached hydrogens (tertiary/aromatic N) is 4. The van der Waals surface area contributed by atoms with Crippen molar-refractivity contribution < 1.29 is 4.79 Å². The molecule has 2 aromatic heterocycles. The lowest BCUT2D eigenvalue weighted by atomic mass is 10.1. The van der Waals surface area contributed by atoms with Crippen molar-refractivity contribution in [2.45, 2.75) is 0 Å². The predicted octanol–water partition coefficient (Wildman–Crippen LogP) is 3.05. The van der Waals surface area contributed by atoms with Crippen LogP contribution in [0, 0.1) is 0 Å². The van der Waals surface area contributed by atoms with Gasteiger partial charge in [0.15, 0.2) is 5.82 Å². The molecule has 2 amide bonds. The van der Waals surface area contributed by atoms with E-state index in [0.29, 0.717) is 24.7 Å². The van der Waals surface area contributed by atoms with Crippen molar-refractivity contribution in [2.24, 2.45) is 0 Å². The highest BCUT2D eigenvalue weighted by molar-refractivity contribution is 5.93. The van der Waals surface area contributed by atoms with Gasteiger partial charge in [0.25, 0.3) is 0 Å². The van der Waals surface area contributed by atoms with Crippen LogP contribution in [0.15, 0.2) is 73.3 Å². The van der Waals surface area contributed by atoms with Gasteiger partial charge in [0.2, 0.25) is 0 Å². The minimum atomic E-state index is -0.253. The van der Waals surface area contributed by atoms with E-state index in [0.717, 1.165) is 16.5 Å². The van der Waals surface area contributed by atoms with Crippen molar-refractivity contribution in [1.82, 2.24) is 25.1 Å². The second-order valence-electron chi connectivity index (χ2n) is 6.08. The zero-order valence-electron chi connectivity index (χ0n) is 15.0. The molecule has 140 valence electrons.